The molecule has 0 atom stereocenters. The van der Waals surface area contributed by atoms with Crippen LogP contribution >= 0.6 is 0 Å². The van der Waals surface area contributed by atoms with E-state index in [9.17, 15) is 10.1 Å². The molecule has 0 fully saturated rings. The predicted molar refractivity (Wildman–Crippen MR) is 63.8 cm³/mol. The zero-order chi connectivity index (χ0) is 12.1. The third-order valence-corrected chi connectivity index (χ3v) is 2.11. The van der Waals surface area contributed by atoms with Crippen LogP contribution in [-0.4, -0.2) is 4.92 Å². The summed E-state index contributed by atoms with van der Waals surface area (Å²) >= 11 is 0. The van der Waals surface area contributed by atoms with Gasteiger partial charge in [-0.15, -0.1) is 0 Å². The Kier molecular flexibility index (Phi) is 3.20. The molecular weight excluding hydrogens is 220 g/mol. The number of nitrogens with zero attached hydrogens (tertiary/aromatic N) is 1. The van der Waals surface area contributed by atoms with Gasteiger partial charge in [0.25, 0.3) is 5.69 Å². The average Bonchev–Trinajstić information content (AvgIpc) is 2.38. The van der Waals surface area contributed by atoms with Gasteiger partial charge in [-0.2, -0.15) is 0 Å². The van der Waals surface area contributed by atoms with Gasteiger partial charge in [0.1, 0.15) is 0 Å². The zero-order valence-corrected chi connectivity index (χ0v) is 8.87. The normalized spacial score (nSPS) is 9.65. The maximum Gasteiger partial charge on any atom is 0.269 e. The Bertz CT molecular complexity index is 497. The molecule has 0 heterocycles. The van der Waals surface area contributed by atoms with Crippen LogP contribution in [-0.2, 0) is 0 Å². The first kappa shape index (κ1) is 10.9. The maximum atomic E-state index is 10.4. The minimum atomic E-state index is -0.450. The minimum Gasteiger partial charge on any atom is -0.382 e. The van der Waals surface area contributed by atoms with Crippen LogP contribution in [0.4, 0.5) is 11.4 Å². The molecule has 0 bridgehead atoms. The number of rotatable bonds is 4. The number of nitro benzene ring substituents is 1. The quantitative estimate of drug-likeness (QED) is 0.647. The smallest absolute Gasteiger partial charge is 0.269 e. The summed E-state index contributed by atoms with van der Waals surface area (Å²) in [6.45, 7) is 0. The van der Waals surface area contributed by atoms with Crippen LogP contribution in [0.5, 0.6) is 5.75 Å². The molecule has 2 aromatic rings. The van der Waals surface area contributed by atoms with Crippen LogP contribution in [0.3, 0.4) is 0 Å². The Balaban J connectivity index is 1.98. The van der Waals surface area contributed by atoms with Gasteiger partial charge in [-0.25, -0.2) is 5.48 Å². The molecule has 5 heteroatoms. The second kappa shape index (κ2) is 4.98. The maximum absolute atomic E-state index is 10.4. The molecule has 0 aromatic heterocycles. The fraction of sp³-hybridized carbons (Fsp3) is 0. The summed E-state index contributed by atoms with van der Waals surface area (Å²) < 4.78 is 0. The molecule has 0 saturated heterocycles. The summed E-state index contributed by atoms with van der Waals surface area (Å²) in [5.74, 6) is 0.513. The number of hydrogen-bond acceptors (Lipinski definition) is 4. The summed E-state index contributed by atoms with van der Waals surface area (Å²) in [5.41, 5.74) is 3.59. The molecule has 86 valence electrons. The van der Waals surface area contributed by atoms with Crippen molar-refractivity contribution in [3.8, 4) is 5.75 Å². The van der Waals surface area contributed by atoms with Crippen molar-refractivity contribution in [1.82, 2.24) is 0 Å². The summed E-state index contributed by atoms with van der Waals surface area (Å²) in [6, 6.07) is 15.2. The van der Waals surface area contributed by atoms with Crippen LogP contribution in [0, 0.1) is 10.1 Å². The highest BCUT2D eigenvalue weighted by Gasteiger charge is 2.04. The van der Waals surface area contributed by atoms with Crippen LogP contribution in [0.25, 0.3) is 0 Å². The fourth-order valence-corrected chi connectivity index (χ4v) is 1.26. The Morgan fingerprint density at radius 3 is 2.24 bits per heavy atom. The van der Waals surface area contributed by atoms with Gasteiger partial charge in [0.2, 0.25) is 0 Å². The molecule has 0 aliphatic rings. The largest absolute Gasteiger partial charge is 0.382 e. The standard InChI is InChI=1S/C12H10N2O3/c15-14(16)11-6-8-12(9-7-11)17-13-10-4-2-1-3-5-10/h1-9,13H. The molecule has 17 heavy (non-hydrogen) atoms. The van der Waals surface area contributed by atoms with Crippen molar-refractivity contribution < 1.29 is 9.76 Å². The molecule has 0 saturated carbocycles. The molecule has 0 unspecified atom stereocenters. The van der Waals surface area contributed by atoms with E-state index in [4.69, 9.17) is 4.84 Å². The average molecular weight is 230 g/mol. The molecule has 0 spiro atoms. The van der Waals surface area contributed by atoms with Crippen LogP contribution in [0.2, 0.25) is 0 Å². The van der Waals surface area contributed by atoms with Gasteiger partial charge in [-0.05, 0) is 24.3 Å². The van der Waals surface area contributed by atoms with Gasteiger partial charge >= 0.3 is 0 Å². The Morgan fingerprint density at radius 2 is 1.65 bits per heavy atom. The zero-order valence-electron chi connectivity index (χ0n) is 8.87. The summed E-state index contributed by atoms with van der Waals surface area (Å²) in [4.78, 5) is 15.2. The van der Waals surface area contributed by atoms with Crippen molar-refractivity contribution in [2.75, 3.05) is 5.48 Å². The van der Waals surface area contributed by atoms with E-state index < -0.39 is 4.92 Å². The Hall–Kier alpha value is -2.56. The lowest BCUT2D eigenvalue weighted by Crippen LogP contribution is -2.04. The molecule has 5 nitrogen and oxygen atoms in total. The van der Waals surface area contributed by atoms with E-state index in [1.54, 1.807) is 0 Å². The van der Waals surface area contributed by atoms with Crippen molar-refractivity contribution in [2.24, 2.45) is 0 Å². The van der Waals surface area contributed by atoms with Crippen LogP contribution in [0.1, 0.15) is 0 Å². The number of para-hydroxylation sites is 1. The summed E-state index contributed by atoms with van der Waals surface area (Å²) in [7, 11) is 0. The van der Waals surface area contributed by atoms with Crippen molar-refractivity contribution in [2.45, 2.75) is 0 Å². The van der Waals surface area contributed by atoms with Gasteiger partial charge in [-0.1, -0.05) is 18.2 Å². The number of hydrogen-bond donors (Lipinski definition) is 1. The van der Waals surface area contributed by atoms with E-state index in [1.165, 1.54) is 24.3 Å². The van der Waals surface area contributed by atoms with E-state index >= 15 is 0 Å². The second-order valence-electron chi connectivity index (χ2n) is 3.32. The third-order valence-electron chi connectivity index (χ3n) is 2.11. The first-order valence-corrected chi connectivity index (χ1v) is 4.98. The van der Waals surface area contributed by atoms with Gasteiger partial charge in [0.05, 0.1) is 10.6 Å². The third kappa shape index (κ3) is 2.94. The number of benzene rings is 2. The second-order valence-corrected chi connectivity index (χ2v) is 3.32. The van der Waals surface area contributed by atoms with Gasteiger partial charge < -0.3 is 4.84 Å². The highest BCUT2D eigenvalue weighted by molar-refractivity contribution is 5.42. The van der Waals surface area contributed by atoms with Crippen molar-refractivity contribution in [1.29, 1.82) is 0 Å². The molecule has 0 amide bonds. The Labute approximate surface area is 97.8 Å². The summed E-state index contributed by atoms with van der Waals surface area (Å²) in [6.07, 6.45) is 0. The SMILES string of the molecule is O=[N+]([O-])c1ccc(ONc2ccccc2)cc1. The van der Waals surface area contributed by atoms with Crippen LogP contribution in [0.15, 0.2) is 54.6 Å². The van der Waals surface area contributed by atoms with E-state index in [1.807, 2.05) is 30.3 Å². The first-order chi connectivity index (χ1) is 8.25. The van der Waals surface area contributed by atoms with Gasteiger partial charge in [0, 0.05) is 12.1 Å². The minimum absolute atomic E-state index is 0.0389. The molecule has 2 aromatic carbocycles. The van der Waals surface area contributed by atoms with Gasteiger partial charge in [-0.3, -0.25) is 10.1 Å². The van der Waals surface area contributed by atoms with E-state index in [-0.39, 0.29) is 5.69 Å². The Morgan fingerprint density at radius 1 is 1.00 bits per heavy atom. The molecule has 1 N–H and O–H groups in total. The van der Waals surface area contributed by atoms with Crippen molar-refractivity contribution >= 4 is 11.4 Å². The van der Waals surface area contributed by atoms with E-state index in [0.29, 0.717) is 5.75 Å². The molecule has 0 aliphatic heterocycles. The number of nitro groups is 1. The summed E-state index contributed by atoms with van der Waals surface area (Å²) in [5, 5.41) is 10.4. The van der Waals surface area contributed by atoms with Crippen molar-refractivity contribution in [3.05, 3.63) is 64.7 Å². The lowest BCUT2D eigenvalue weighted by atomic mass is 10.3. The van der Waals surface area contributed by atoms with E-state index in [0.717, 1.165) is 5.69 Å². The monoisotopic (exact) mass is 230 g/mol. The van der Waals surface area contributed by atoms with E-state index in [2.05, 4.69) is 5.48 Å². The van der Waals surface area contributed by atoms with Crippen molar-refractivity contribution in [3.63, 3.8) is 0 Å². The van der Waals surface area contributed by atoms with Gasteiger partial charge in [0.15, 0.2) is 5.75 Å². The fourth-order valence-electron chi connectivity index (χ4n) is 1.26. The lowest BCUT2D eigenvalue weighted by Gasteiger charge is -2.07. The number of non-ortho nitro benzene ring substituents is 1. The lowest BCUT2D eigenvalue weighted by molar-refractivity contribution is -0.384. The molecule has 2 rings (SSSR count). The number of nitrogens with one attached hydrogen (secondary N) is 1. The molecule has 0 radical (unpaired) electrons. The number of anilines is 1. The molecular formula is C12H10N2O3. The first-order valence-electron chi connectivity index (χ1n) is 4.98. The molecule has 0 aliphatic carbocycles. The predicted octanol–water partition coefficient (Wildman–Crippen LogP) is 3.00. The highest BCUT2D eigenvalue weighted by Crippen LogP contribution is 2.17. The topological polar surface area (TPSA) is 64.4 Å². The highest BCUT2D eigenvalue weighted by atomic mass is 16.6. The van der Waals surface area contributed by atoms with Crippen LogP contribution < -0.4 is 10.3 Å².